The molecule has 0 aliphatic carbocycles. The Morgan fingerprint density at radius 3 is 2.71 bits per heavy atom. The maximum Gasteiger partial charge on any atom is 0.420 e. The number of nitrogens with zero attached hydrogens (tertiary/aromatic N) is 2. The summed E-state index contributed by atoms with van der Waals surface area (Å²) in [6, 6.07) is 0. The highest BCUT2D eigenvalue weighted by Crippen LogP contribution is 2.00. The minimum Gasteiger partial charge on any atom is -0.446 e. The van der Waals surface area contributed by atoms with Gasteiger partial charge in [0.15, 0.2) is 0 Å². The molecule has 0 aromatic carbocycles. The second-order valence-electron chi connectivity index (χ2n) is 2.92. The van der Waals surface area contributed by atoms with Crippen LogP contribution >= 0.6 is 0 Å². The van der Waals surface area contributed by atoms with E-state index in [1.165, 1.54) is 12.4 Å². The van der Waals surface area contributed by atoms with Crippen LogP contribution in [0.15, 0.2) is 12.4 Å². The Morgan fingerprint density at radius 2 is 2.21 bits per heavy atom. The molecular weight excluding hydrogens is 186 g/mol. The summed E-state index contributed by atoms with van der Waals surface area (Å²) >= 11 is 0. The summed E-state index contributed by atoms with van der Waals surface area (Å²) in [5.41, 5.74) is 5.00. The van der Waals surface area contributed by atoms with Crippen LogP contribution in [0.3, 0.4) is 0 Å². The molecule has 6 heteroatoms. The van der Waals surface area contributed by atoms with Crippen molar-refractivity contribution < 1.29 is 14.3 Å². The maximum absolute atomic E-state index is 11.3. The minimum atomic E-state index is -0.768. The van der Waals surface area contributed by atoms with Crippen LogP contribution in [-0.2, 0) is 4.74 Å². The second-order valence-corrected chi connectivity index (χ2v) is 2.92. The Balaban J connectivity index is 2.90. The van der Waals surface area contributed by atoms with E-state index in [9.17, 15) is 9.59 Å². The molecule has 14 heavy (non-hydrogen) atoms. The summed E-state index contributed by atoms with van der Waals surface area (Å²) in [7, 11) is 0. The van der Waals surface area contributed by atoms with E-state index >= 15 is 0 Å². The lowest BCUT2D eigenvalue weighted by atomic mass is 10.5. The summed E-state index contributed by atoms with van der Waals surface area (Å²) in [5.74, 6) is -0.897. The number of hydrogen-bond acceptors (Lipinski definition) is 4. The monoisotopic (exact) mass is 197 g/mol. The molecule has 0 fully saturated rings. The summed E-state index contributed by atoms with van der Waals surface area (Å²) in [5, 5.41) is 0. The number of amides is 1. The van der Waals surface area contributed by atoms with Crippen LogP contribution in [0.25, 0.3) is 0 Å². The molecule has 1 aromatic rings. The first-order valence-corrected chi connectivity index (χ1v) is 4.06. The Kier molecular flexibility index (Phi) is 2.85. The van der Waals surface area contributed by atoms with Crippen LogP contribution in [0, 0.1) is 0 Å². The van der Waals surface area contributed by atoms with Crippen molar-refractivity contribution in [2.75, 3.05) is 0 Å². The number of hydrogen-bond donors (Lipinski definition) is 1. The molecule has 76 valence electrons. The lowest BCUT2D eigenvalue weighted by Crippen LogP contribution is -2.24. The minimum absolute atomic E-state index is 0.129. The number of nitrogens with two attached hydrogens (primary N) is 1. The van der Waals surface area contributed by atoms with Gasteiger partial charge in [0.25, 0.3) is 5.91 Å². The van der Waals surface area contributed by atoms with E-state index in [0.29, 0.717) is 0 Å². The molecule has 6 nitrogen and oxygen atoms in total. The molecule has 0 radical (unpaired) electrons. The molecule has 0 unspecified atom stereocenters. The Hall–Kier alpha value is -1.85. The van der Waals surface area contributed by atoms with E-state index < -0.39 is 12.0 Å². The summed E-state index contributed by atoms with van der Waals surface area (Å²) in [6.07, 6.45) is 1.71. The van der Waals surface area contributed by atoms with Crippen LogP contribution in [0.4, 0.5) is 4.79 Å². The molecule has 1 rings (SSSR count). The molecule has 0 spiro atoms. The highest BCUT2D eigenvalue weighted by atomic mass is 16.6. The SMILES string of the molecule is CC(C)OC(=O)n1ccnc1C(N)=O. The molecule has 1 amide bonds. The highest BCUT2D eigenvalue weighted by Gasteiger charge is 2.16. The third kappa shape index (κ3) is 2.09. The van der Waals surface area contributed by atoms with Gasteiger partial charge in [0.1, 0.15) is 0 Å². The van der Waals surface area contributed by atoms with E-state index in [1.807, 2.05) is 0 Å². The van der Waals surface area contributed by atoms with Gasteiger partial charge in [-0.05, 0) is 13.8 Å². The molecule has 1 heterocycles. The van der Waals surface area contributed by atoms with Crippen LogP contribution in [0.5, 0.6) is 0 Å². The predicted octanol–water partition coefficient (Wildman–Crippen LogP) is 0.375. The van der Waals surface area contributed by atoms with E-state index in [2.05, 4.69) is 4.98 Å². The van der Waals surface area contributed by atoms with E-state index in [-0.39, 0.29) is 11.9 Å². The molecule has 0 atom stereocenters. The van der Waals surface area contributed by atoms with Crippen LogP contribution in [0.2, 0.25) is 0 Å². The van der Waals surface area contributed by atoms with Crippen LogP contribution < -0.4 is 5.73 Å². The number of rotatable bonds is 2. The van der Waals surface area contributed by atoms with Crippen LogP contribution in [-0.4, -0.2) is 27.7 Å². The zero-order valence-corrected chi connectivity index (χ0v) is 7.93. The van der Waals surface area contributed by atoms with Gasteiger partial charge in [-0.3, -0.25) is 4.79 Å². The van der Waals surface area contributed by atoms with Gasteiger partial charge in [-0.15, -0.1) is 0 Å². The summed E-state index contributed by atoms with van der Waals surface area (Å²) < 4.78 is 5.84. The predicted molar refractivity (Wildman–Crippen MR) is 47.8 cm³/mol. The third-order valence-corrected chi connectivity index (χ3v) is 1.39. The number of primary amides is 1. The molecule has 2 N–H and O–H groups in total. The third-order valence-electron chi connectivity index (χ3n) is 1.39. The van der Waals surface area contributed by atoms with Crippen molar-refractivity contribution in [2.45, 2.75) is 20.0 Å². The van der Waals surface area contributed by atoms with Crippen molar-refractivity contribution in [1.82, 2.24) is 9.55 Å². The fourth-order valence-corrected chi connectivity index (χ4v) is 0.891. The topological polar surface area (TPSA) is 87.2 Å². The Labute approximate surface area is 80.7 Å². The summed E-state index contributed by atoms with van der Waals surface area (Å²) in [4.78, 5) is 25.8. The number of imidazole rings is 1. The molecule has 0 saturated heterocycles. The first-order valence-electron chi connectivity index (χ1n) is 4.06. The van der Waals surface area contributed by atoms with Crippen molar-refractivity contribution in [1.29, 1.82) is 0 Å². The average molecular weight is 197 g/mol. The van der Waals surface area contributed by atoms with E-state index in [1.54, 1.807) is 13.8 Å². The molecule has 0 bridgehead atoms. The summed E-state index contributed by atoms with van der Waals surface area (Å²) in [6.45, 7) is 3.41. The average Bonchev–Trinajstić information content (AvgIpc) is 2.49. The lowest BCUT2D eigenvalue weighted by Gasteiger charge is -2.08. The lowest BCUT2D eigenvalue weighted by molar-refractivity contribution is 0.0964. The molecule has 0 aliphatic heterocycles. The quantitative estimate of drug-likeness (QED) is 0.742. The number of carbonyl (C=O) groups is 2. The normalized spacial score (nSPS) is 10.2. The van der Waals surface area contributed by atoms with Gasteiger partial charge in [0.05, 0.1) is 6.10 Å². The fourth-order valence-electron chi connectivity index (χ4n) is 0.891. The maximum atomic E-state index is 11.3. The second kappa shape index (κ2) is 3.91. The van der Waals surface area contributed by atoms with Gasteiger partial charge in [0.2, 0.25) is 5.82 Å². The van der Waals surface area contributed by atoms with Crippen molar-refractivity contribution in [3.63, 3.8) is 0 Å². The fraction of sp³-hybridized carbons (Fsp3) is 0.375. The van der Waals surface area contributed by atoms with Crippen molar-refractivity contribution >= 4 is 12.0 Å². The smallest absolute Gasteiger partial charge is 0.420 e. The van der Waals surface area contributed by atoms with Crippen molar-refractivity contribution in [3.8, 4) is 0 Å². The Bertz CT molecular complexity index is 356. The molecule has 1 aromatic heterocycles. The first-order chi connectivity index (χ1) is 6.52. The highest BCUT2D eigenvalue weighted by molar-refractivity contribution is 5.92. The molecule has 0 aliphatic rings. The largest absolute Gasteiger partial charge is 0.446 e. The number of carbonyl (C=O) groups excluding carboxylic acids is 2. The van der Waals surface area contributed by atoms with Crippen molar-refractivity contribution in [3.05, 3.63) is 18.2 Å². The number of ether oxygens (including phenoxy) is 1. The zero-order chi connectivity index (χ0) is 10.7. The van der Waals surface area contributed by atoms with E-state index in [4.69, 9.17) is 10.5 Å². The van der Waals surface area contributed by atoms with Gasteiger partial charge in [-0.1, -0.05) is 0 Å². The molecule has 0 saturated carbocycles. The van der Waals surface area contributed by atoms with E-state index in [0.717, 1.165) is 4.57 Å². The first kappa shape index (κ1) is 10.2. The van der Waals surface area contributed by atoms with Crippen LogP contribution in [0.1, 0.15) is 24.5 Å². The number of aromatic nitrogens is 2. The Morgan fingerprint density at radius 1 is 1.57 bits per heavy atom. The molecular formula is C8H11N3O3. The van der Waals surface area contributed by atoms with Gasteiger partial charge in [0, 0.05) is 12.4 Å². The van der Waals surface area contributed by atoms with Crippen molar-refractivity contribution in [2.24, 2.45) is 5.73 Å². The zero-order valence-electron chi connectivity index (χ0n) is 7.93. The van der Waals surface area contributed by atoms with Gasteiger partial charge >= 0.3 is 6.09 Å². The van der Waals surface area contributed by atoms with Gasteiger partial charge < -0.3 is 10.5 Å². The van der Waals surface area contributed by atoms with Gasteiger partial charge in [-0.2, -0.15) is 0 Å². The van der Waals surface area contributed by atoms with Gasteiger partial charge in [-0.25, -0.2) is 14.3 Å². The standard InChI is InChI=1S/C8H11N3O3/c1-5(2)14-8(13)11-4-3-10-7(11)6(9)12/h3-5H,1-2H3,(H2,9,12).